The van der Waals surface area contributed by atoms with Gasteiger partial charge in [-0.15, -0.1) is 0 Å². The molecule has 148 valence electrons. The van der Waals surface area contributed by atoms with E-state index in [0.717, 1.165) is 48.9 Å². The number of carboxylic acid groups (broad SMARTS) is 1. The molecule has 2 aliphatic rings. The molecule has 0 amide bonds. The van der Waals surface area contributed by atoms with E-state index in [4.69, 9.17) is 14.8 Å². The first kappa shape index (κ1) is 18.6. The monoisotopic (exact) mass is 381 g/mol. The average molecular weight is 381 g/mol. The fourth-order valence-corrected chi connectivity index (χ4v) is 4.07. The number of fused-ring (bicyclic) bond motifs is 1. The Balaban J connectivity index is 1.30. The standard InChI is InChI=1S/C22H27N3O3/c1-22(14-20(26)27)13-18(22)15-3-6-17(7-4-15)28-12-9-16-5-8-19-21(24-16)23-10-11-25(19)2/h3-8,18H,9-14H2,1-2H3,(H,23,24)(H,26,27). The van der Waals surface area contributed by atoms with Crippen molar-refractivity contribution >= 4 is 17.5 Å². The molecular weight excluding hydrogens is 354 g/mol. The Morgan fingerprint density at radius 1 is 1.32 bits per heavy atom. The molecule has 0 saturated heterocycles. The lowest BCUT2D eigenvalue weighted by molar-refractivity contribution is -0.138. The minimum Gasteiger partial charge on any atom is -0.493 e. The first-order valence-electron chi connectivity index (χ1n) is 9.84. The van der Waals surface area contributed by atoms with Crippen LogP contribution in [0.25, 0.3) is 0 Å². The summed E-state index contributed by atoms with van der Waals surface area (Å²) in [5.41, 5.74) is 3.25. The van der Waals surface area contributed by atoms with Gasteiger partial charge in [-0.3, -0.25) is 4.79 Å². The molecule has 1 saturated carbocycles. The number of ether oxygens (including phenoxy) is 1. The number of hydrogen-bond acceptors (Lipinski definition) is 5. The van der Waals surface area contributed by atoms with E-state index in [-0.39, 0.29) is 11.8 Å². The second-order valence-corrected chi connectivity index (χ2v) is 8.17. The minimum absolute atomic E-state index is 0.103. The number of aliphatic carboxylic acids is 1. The van der Waals surface area contributed by atoms with Crippen molar-refractivity contribution in [2.24, 2.45) is 5.41 Å². The Morgan fingerprint density at radius 2 is 2.11 bits per heavy atom. The van der Waals surface area contributed by atoms with Crippen molar-refractivity contribution in [2.75, 3.05) is 37.0 Å². The average Bonchev–Trinajstić information content (AvgIpc) is 3.32. The number of nitrogens with one attached hydrogen (secondary N) is 1. The van der Waals surface area contributed by atoms with Gasteiger partial charge in [-0.05, 0) is 47.6 Å². The summed E-state index contributed by atoms with van der Waals surface area (Å²) in [4.78, 5) is 17.9. The largest absolute Gasteiger partial charge is 0.493 e. The maximum absolute atomic E-state index is 11.0. The number of hydrogen-bond donors (Lipinski definition) is 2. The number of pyridine rings is 1. The molecule has 2 unspecified atom stereocenters. The molecule has 0 radical (unpaired) electrons. The van der Waals surface area contributed by atoms with Crippen molar-refractivity contribution in [1.29, 1.82) is 0 Å². The Hall–Kier alpha value is -2.76. The molecule has 28 heavy (non-hydrogen) atoms. The van der Waals surface area contributed by atoms with Gasteiger partial charge < -0.3 is 20.1 Å². The van der Waals surface area contributed by atoms with Crippen LogP contribution < -0.4 is 15.0 Å². The molecule has 0 spiro atoms. The lowest BCUT2D eigenvalue weighted by Crippen LogP contribution is -2.31. The van der Waals surface area contributed by atoms with Gasteiger partial charge in [-0.2, -0.15) is 0 Å². The number of aromatic nitrogens is 1. The molecule has 1 aromatic carbocycles. The summed E-state index contributed by atoms with van der Waals surface area (Å²) in [5.74, 6) is 1.40. The summed E-state index contributed by atoms with van der Waals surface area (Å²) < 4.78 is 5.88. The summed E-state index contributed by atoms with van der Waals surface area (Å²) in [7, 11) is 2.08. The van der Waals surface area contributed by atoms with Crippen LogP contribution in [0.2, 0.25) is 0 Å². The van der Waals surface area contributed by atoms with Crippen molar-refractivity contribution in [2.45, 2.75) is 32.1 Å². The third-order valence-corrected chi connectivity index (χ3v) is 5.90. The molecule has 4 rings (SSSR count). The lowest BCUT2D eigenvalue weighted by Gasteiger charge is -2.27. The minimum atomic E-state index is -0.720. The van der Waals surface area contributed by atoms with Gasteiger partial charge in [0, 0.05) is 32.3 Å². The molecule has 2 N–H and O–H groups in total. The van der Waals surface area contributed by atoms with E-state index in [1.54, 1.807) is 0 Å². The molecule has 1 aromatic heterocycles. The van der Waals surface area contributed by atoms with E-state index in [0.29, 0.717) is 12.5 Å². The van der Waals surface area contributed by atoms with Gasteiger partial charge in [-0.25, -0.2) is 4.98 Å². The second-order valence-electron chi connectivity index (χ2n) is 8.17. The zero-order chi connectivity index (χ0) is 19.7. The van der Waals surface area contributed by atoms with E-state index < -0.39 is 5.97 Å². The highest BCUT2D eigenvalue weighted by atomic mass is 16.5. The molecule has 6 heteroatoms. The summed E-state index contributed by atoms with van der Waals surface area (Å²) >= 11 is 0. The van der Waals surface area contributed by atoms with Crippen LogP contribution in [0, 0.1) is 5.41 Å². The quantitative estimate of drug-likeness (QED) is 0.764. The van der Waals surface area contributed by atoms with E-state index in [9.17, 15) is 4.79 Å². The second kappa shape index (κ2) is 7.34. The van der Waals surface area contributed by atoms with Gasteiger partial charge in [0.05, 0.1) is 18.7 Å². The van der Waals surface area contributed by atoms with Crippen LogP contribution in [0.4, 0.5) is 11.5 Å². The summed E-state index contributed by atoms with van der Waals surface area (Å²) in [6, 6.07) is 12.2. The predicted molar refractivity (Wildman–Crippen MR) is 109 cm³/mol. The summed E-state index contributed by atoms with van der Waals surface area (Å²) in [6.07, 6.45) is 1.92. The van der Waals surface area contributed by atoms with Crippen LogP contribution in [-0.2, 0) is 11.2 Å². The fraction of sp³-hybridized carbons (Fsp3) is 0.455. The topological polar surface area (TPSA) is 74.7 Å². The number of likely N-dealkylation sites (N-methyl/N-ethyl adjacent to an activating group) is 1. The SMILES string of the molecule is CN1CCNc2nc(CCOc3ccc(C4CC4(C)CC(=O)O)cc3)ccc21. The van der Waals surface area contributed by atoms with Crippen LogP contribution in [0.1, 0.15) is 36.9 Å². The molecule has 2 heterocycles. The van der Waals surface area contributed by atoms with Crippen molar-refractivity contribution in [3.8, 4) is 5.75 Å². The van der Waals surface area contributed by atoms with Crippen LogP contribution >= 0.6 is 0 Å². The molecule has 6 nitrogen and oxygen atoms in total. The molecule has 1 aliphatic carbocycles. The Bertz CT molecular complexity index is 868. The maximum atomic E-state index is 11.0. The third-order valence-electron chi connectivity index (χ3n) is 5.90. The molecule has 1 aliphatic heterocycles. The number of benzene rings is 1. The maximum Gasteiger partial charge on any atom is 0.303 e. The van der Waals surface area contributed by atoms with Crippen molar-refractivity contribution in [1.82, 2.24) is 4.98 Å². The lowest BCUT2D eigenvalue weighted by atomic mass is 9.98. The smallest absolute Gasteiger partial charge is 0.303 e. The number of rotatable bonds is 7. The zero-order valence-electron chi connectivity index (χ0n) is 16.4. The van der Waals surface area contributed by atoms with E-state index in [1.165, 1.54) is 5.56 Å². The zero-order valence-corrected chi connectivity index (χ0v) is 16.4. The van der Waals surface area contributed by atoms with Gasteiger partial charge in [-0.1, -0.05) is 19.1 Å². The highest BCUT2D eigenvalue weighted by molar-refractivity contribution is 5.69. The number of nitrogens with zero attached hydrogens (tertiary/aromatic N) is 2. The molecule has 0 bridgehead atoms. The van der Waals surface area contributed by atoms with Gasteiger partial charge >= 0.3 is 5.97 Å². The Morgan fingerprint density at radius 3 is 2.86 bits per heavy atom. The van der Waals surface area contributed by atoms with Crippen molar-refractivity contribution in [3.05, 3.63) is 47.7 Å². The normalized spacial score (nSPS) is 22.9. The van der Waals surface area contributed by atoms with Crippen molar-refractivity contribution < 1.29 is 14.6 Å². The van der Waals surface area contributed by atoms with Crippen LogP contribution in [0.5, 0.6) is 5.75 Å². The molecule has 2 aromatic rings. The van der Waals surface area contributed by atoms with Crippen LogP contribution in [-0.4, -0.2) is 42.8 Å². The van der Waals surface area contributed by atoms with E-state index in [1.807, 2.05) is 19.1 Å². The van der Waals surface area contributed by atoms with Gasteiger partial charge in [0.25, 0.3) is 0 Å². The third kappa shape index (κ3) is 3.91. The van der Waals surface area contributed by atoms with Gasteiger partial charge in [0.2, 0.25) is 0 Å². The molecule has 2 atom stereocenters. The molecular formula is C22H27N3O3. The first-order chi connectivity index (χ1) is 13.4. The summed E-state index contributed by atoms with van der Waals surface area (Å²) in [5, 5.41) is 12.4. The number of anilines is 2. The predicted octanol–water partition coefficient (Wildman–Crippen LogP) is 3.53. The number of carboxylic acids is 1. The van der Waals surface area contributed by atoms with Crippen LogP contribution in [0.15, 0.2) is 36.4 Å². The fourth-order valence-electron chi connectivity index (χ4n) is 4.07. The van der Waals surface area contributed by atoms with Crippen LogP contribution in [0.3, 0.4) is 0 Å². The van der Waals surface area contributed by atoms with E-state index in [2.05, 4.69) is 41.5 Å². The van der Waals surface area contributed by atoms with Gasteiger partial charge in [0.1, 0.15) is 11.6 Å². The number of carbonyl (C=O) groups is 1. The van der Waals surface area contributed by atoms with E-state index >= 15 is 0 Å². The Kier molecular flexibility index (Phi) is 4.87. The highest BCUT2D eigenvalue weighted by Crippen LogP contribution is 2.61. The van der Waals surface area contributed by atoms with Gasteiger partial charge in [0.15, 0.2) is 0 Å². The Labute approximate surface area is 165 Å². The summed E-state index contributed by atoms with van der Waals surface area (Å²) in [6.45, 7) is 4.52. The highest BCUT2D eigenvalue weighted by Gasteiger charge is 2.51. The molecule has 1 fully saturated rings. The van der Waals surface area contributed by atoms with Crippen molar-refractivity contribution in [3.63, 3.8) is 0 Å². The first-order valence-corrected chi connectivity index (χ1v) is 9.84.